The summed E-state index contributed by atoms with van der Waals surface area (Å²) in [4.78, 5) is 16.6. The summed E-state index contributed by atoms with van der Waals surface area (Å²) < 4.78 is 18.3. The minimum absolute atomic E-state index is 0.0411. The highest BCUT2D eigenvalue weighted by molar-refractivity contribution is 6.17. The fourth-order valence-corrected chi connectivity index (χ4v) is 2.96. The van der Waals surface area contributed by atoms with Gasteiger partial charge in [0, 0.05) is 6.61 Å². The molecule has 1 atom stereocenters. The van der Waals surface area contributed by atoms with Crippen LogP contribution in [0.25, 0.3) is 11.0 Å². The van der Waals surface area contributed by atoms with E-state index >= 15 is 0 Å². The monoisotopic (exact) mass is 352 g/mol. The summed E-state index contributed by atoms with van der Waals surface area (Å²) in [5.41, 5.74) is 1.93. The molecular weight excluding hydrogens is 332 g/mol. The Hall–Kier alpha value is -1.79. The Morgan fingerprint density at radius 1 is 1.50 bits per heavy atom. The van der Waals surface area contributed by atoms with Gasteiger partial charge in [0.2, 0.25) is 0 Å². The summed E-state index contributed by atoms with van der Waals surface area (Å²) >= 11 is 6.08. The van der Waals surface area contributed by atoms with E-state index in [4.69, 9.17) is 25.8 Å². The molecule has 3 rings (SSSR count). The number of carbonyl (C=O) groups excluding carboxylic acids is 1. The van der Waals surface area contributed by atoms with Crippen molar-refractivity contribution in [3.05, 3.63) is 23.5 Å². The molecule has 0 unspecified atom stereocenters. The van der Waals surface area contributed by atoms with Crippen LogP contribution in [-0.2, 0) is 21.9 Å². The van der Waals surface area contributed by atoms with Crippen LogP contribution in [0.3, 0.4) is 0 Å². The molecule has 0 radical (unpaired) electrons. The van der Waals surface area contributed by atoms with Gasteiger partial charge in [-0.2, -0.15) is 0 Å². The van der Waals surface area contributed by atoms with Crippen LogP contribution in [0.4, 0.5) is 0 Å². The number of benzene rings is 1. The zero-order valence-corrected chi connectivity index (χ0v) is 14.8. The van der Waals surface area contributed by atoms with Gasteiger partial charge in [-0.1, -0.05) is 0 Å². The van der Waals surface area contributed by atoms with Crippen molar-refractivity contribution in [2.75, 3.05) is 13.7 Å². The van der Waals surface area contributed by atoms with Gasteiger partial charge in [0.15, 0.2) is 0 Å². The number of nitrogens with zero attached hydrogens (tertiary/aromatic N) is 2. The Labute approximate surface area is 145 Å². The second-order valence-electron chi connectivity index (χ2n) is 6.05. The zero-order valence-electron chi connectivity index (χ0n) is 14.0. The van der Waals surface area contributed by atoms with Crippen LogP contribution in [0.2, 0.25) is 0 Å². The van der Waals surface area contributed by atoms with Crippen molar-refractivity contribution >= 4 is 28.6 Å². The lowest BCUT2D eigenvalue weighted by atomic mass is 10.1. The molecule has 0 bridgehead atoms. The number of carbonyl (C=O) groups is 1. The first-order valence-corrected chi connectivity index (χ1v) is 8.52. The van der Waals surface area contributed by atoms with Crippen molar-refractivity contribution in [1.82, 2.24) is 9.55 Å². The van der Waals surface area contributed by atoms with E-state index in [1.165, 1.54) is 7.11 Å². The highest BCUT2D eigenvalue weighted by Crippen LogP contribution is 2.31. The van der Waals surface area contributed by atoms with Crippen molar-refractivity contribution < 1.29 is 19.0 Å². The molecule has 24 heavy (non-hydrogen) atoms. The molecule has 1 aliphatic heterocycles. The Morgan fingerprint density at radius 2 is 2.25 bits per heavy atom. The standard InChI is InChI=1S/C17H21ClN2O4/c1-10(2)24-14-7-11(17(21)22-3)6-13-16(14)19-15(8-18)20(13)9-12-4-5-23-12/h6-7,10,12H,4-5,8-9H2,1-3H3/t12-/m0/s1. The molecule has 1 saturated heterocycles. The lowest BCUT2D eigenvalue weighted by molar-refractivity contribution is -0.0589. The predicted molar refractivity (Wildman–Crippen MR) is 90.8 cm³/mol. The van der Waals surface area contributed by atoms with Crippen LogP contribution in [0.1, 0.15) is 36.5 Å². The number of aromatic nitrogens is 2. The molecule has 0 aliphatic carbocycles. The van der Waals surface area contributed by atoms with Crippen LogP contribution in [0, 0.1) is 0 Å². The number of imidazole rings is 1. The lowest BCUT2D eigenvalue weighted by Crippen LogP contribution is -2.31. The second kappa shape index (κ2) is 6.99. The van der Waals surface area contributed by atoms with Gasteiger partial charge in [0.05, 0.1) is 42.8 Å². The molecule has 6 nitrogen and oxygen atoms in total. The maximum absolute atomic E-state index is 12.0. The maximum Gasteiger partial charge on any atom is 0.338 e. The van der Waals surface area contributed by atoms with E-state index in [-0.39, 0.29) is 18.1 Å². The topological polar surface area (TPSA) is 62.6 Å². The smallest absolute Gasteiger partial charge is 0.338 e. The maximum atomic E-state index is 12.0. The third kappa shape index (κ3) is 3.21. The molecule has 1 aromatic carbocycles. The fraction of sp³-hybridized carbons (Fsp3) is 0.529. The summed E-state index contributed by atoms with van der Waals surface area (Å²) in [6.07, 6.45) is 1.12. The minimum atomic E-state index is -0.412. The summed E-state index contributed by atoms with van der Waals surface area (Å²) in [6.45, 7) is 5.30. The SMILES string of the molecule is COC(=O)c1cc(OC(C)C)c2nc(CCl)n(C[C@@H]3CCO3)c2c1. The lowest BCUT2D eigenvalue weighted by Gasteiger charge is -2.27. The van der Waals surface area contributed by atoms with Crippen molar-refractivity contribution in [3.63, 3.8) is 0 Å². The number of ether oxygens (including phenoxy) is 3. The van der Waals surface area contributed by atoms with E-state index in [1.54, 1.807) is 12.1 Å². The van der Waals surface area contributed by atoms with Crippen LogP contribution in [0.5, 0.6) is 5.75 Å². The Bertz CT molecular complexity index is 753. The van der Waals surface area contributed by atoms with Crippen molar-refractivity contribution in [2.24, 2.45) is 0 Å². The number of methoxy groups -OCH3 is 1. The number of esters is 1. The first-order valence-electron chi connectivity index (χ1n) is 7.99. The van der Waals surface area contributed by atoms with Gasteiger partial charge in [-0.15, -0.1) is 11.6 Å². The van der Waals surface area contributed by atoms with Crippen LogP contribution in [-0.4, -0.2) is 41.4 Å². The van der Waals surface area contributed by atoms with Crippen molar-refractivity contribution in [2.45, 2.75) is 44.9 Å². The molecule has 0 N–H and O–H groups in total. The van der Waals surface area contributed by atoms with Gasteiger partial charge in [0.25, 0.3) is 0 Å². The van der Waals surface area contributed by atoms with E-state index < -0.39 is 5.97 Å². The number of hydrogen-bond acceptors (Lipinski definition) is 5. The van der Waals surface area contributed by atoms with E-state index in [1.807, 2.05) is 18.4 Å². The molecule has 2 aromatic rings. The molecule has 7 heteroatoms. The number of alkyl halides is 1. The summed E-state index contributed by atoms with van der Waals surface area (Å²) in [5, 5.41) is 0. The molecule has 130 valence electrons. The average Bonchev–Trinajstić information content (AvgIpc) is 2.87. The molecule has 1 fully saturated rings. The van der Waals surface area contributed by atoms with Gasteiger partial charge >= 0.3 is 5.97 Å². The molecule has 1 aliphatic rings. The summed E-state index contributed by atoms with van der Waals surface area (Å²) in [6, 6.07) is 3.44. The van der Waals surface area contributed by atoms with Crippen molar-refractivity contribution in [3.8, 4) is 5.75 Å². The number of rotatable bonds is 6. The van der Waals surface area contributed by atoms with Crippen LogP contribution in [0.15, 0.2) is 12.1 Å². The zero-order chi connectivity index (χ0) is 17.3. The Balaban J connectivity index is 2.15. The van der Waals surface area contributed by atoms with Gasteiger partial charge in [0.1, 0.15) is 17.1 Å². The number of halogens is 1. The predicted octanol–water partition coefficient (Wildman–Crippen LogP) is 3.14. The molecule has 1 aromatic heterocycles. The average molecular weight is 353 g/mol. The van der Waals surface area contributed by atoms with Gasteiger partial charge < -0.3 is 18.8 Å². The number of fused-ring (bicyclic) bond motifs is 1. The molecular formula is C17H21ClN2O4. The third-order valence-corrected chi connectivity index (χ3v) is 4.22. The molecule has 2 heterocycles. The van der Waals surface area contributed by atoms with Crippen molar-refractivity contribution in [1.29, 1.82) is 0 Å². The van der Waals surface area contributed by atoms with E-state index in [0.717, 1.165) is 24.4 Å². The first-order chi connectivity index (χ1) is 11.5. The van der Waals surface area contributed by atoms with Gasteiger partial charge in [-0.25, -0.2) is 9.78 Å². The van der Waals surface area contributed by atoms with Crippen LogP contribution < -0.4 is 4.74 Å². The van der Waals surface area contributed by atoms with Gasteiger partial charge in [-0.3, -0.25) is 0 Å². The molecule has 0 amide bonds. The van der Waals surface area contributed by atoms with E-state index in [2.05, 4.69) is 4.98 Å². The number of hydrogen-bond donors (Lipinski definition) is 0. The largest absolute Gasteiger partial charge is 0.489 e. The third-order valence-electron chi connectivity index (χ3n) is 3.98. The summed E-state index contributed by atoms with van der Waals surface area (Å²) in [7, 11) is 1.36. The van der Waals surface area contributed by atoms with Crippen LogP contribution >= 0.6 is 11.6 Å². The fourth-order valence-electron chi connectivity index (χ4n) is 2.76. The summed E-state index contributed by atoms with van der Waals surface area (Å²) in [5.74, 6) is 1.15. The first kappa shape index (κ1) is 17.0. The highest BCUT2D eigenvalue weighted by atomic mass is 35.5. The van der Waals surface area contributed by atoms with E-state index in [0.29, 0.717) is 23.4 Å². The second-order valence-corrected chi connectivity index (χ2v) is 6.32. The van der Waals surface area contributed by atoms with Gasteiger partial charge in [-0.05, 0) is 32.4 Å². The minimum Gasteiger partial charge on any atom is -0.489 e. The Morgan fingerprint density at radius 3 is 2.79 bits per heavy atom. The highest BCUT2D eigenvalue weighted by Gasteiger charge is 2.24. The van der Waals surface area contributed by atoms with E-state index in [9.17, 15) is 4.79 Å². The Kier molecular flexibility index (Phi) is 4.96. The quantitative estimate of drug-likeness (QED) is 0.590. The normalized spacial score (nSPS) is 17.1. The molecule has 0 saturated carbocycles. The molecule has 0 spiro atoms.